The van der Waals surface area contributed by atoms with Crippen LogP contribution in [-0.2, 0) is 17.1 Å². The van der Waals surface area contributed by atoms with E-state index in [0.717, 1.165) is 0 Å². The van der Waals surface area contributed by atoms with E-state index in [-0.39, 0.29) is 11.5 Å². The molecule has 16 heavy (non-hydrogen) atoms. The van der Waals surface area contributed by atoms with Crippen LogP contribution in [0.15, 0.2) is 18.2 Å². The van der Waals surface area contributed by atoms with Crippen molar-refractivity contribution < 1.29 is 18.7 Å². The molecule has 1 amide bonds. The maximum Gasteiger partial charge on any atom is 0.295 e. The van der Waals surface area contributed by atoms with Crippen molar-refractivity contribution in [1.82, 2.24) is 0 Å². The molecule has 1 heterocycles. The van der Waals surface area contributed by atoms with E-state index >= 15 is 0 Å². The van der Waals surface area contributed by atoms with Crippen LogP contribution >= 0.6 is 0 Å². The number of halogens is 2. The van der Waals surface area contributed by atoms with Crippen LogP contribution in [0.5, 0.6) is 0 Å². The molecule has 1 aromatic rings. The first-order chi connectivity index (χ1) is 7.53. The lowest BCUT2D eigenvalue weighted by Gasteiger charge is -2.20. The Morgan fingerprint density at radius 2 is 2.12 bits per heavy atom. The number of hydrogen-bond donors (Lipinski definition) is 2. The second kappa shape index (κ2) is 3.83. The Morgan fingerprint density at radius 1 is 1.38 bits per heavy atom. The van der Waals surface area contributed by atoms with Crippen molar-refractivity contribution in [3.63, 3.8) is 0 Å². The van der Waals surface area contributed by atoms with Crippen LogP contribution in [-0.4, -0.2) is 17.6 Å². The highest BCUT2D eigenvalue weighted by Gasteiger charge is 2.31. The molecule has 2 N–H and O–H groups in total. The molecule has 0 spiro atoms. The van der Waals surface area contributed by atoms with Crippen LogP contribution in [0.1, 0.15) is 17.5 Å². The number of aliphatic hydroxyl groups excluding tert-OH is 1. The minimum atomic E-state index is -3.23. The van der Waals surface area contributed by atoms with Gasteiger partial charge < -0.3 is 10.4 Å². The van der Waals surface area contributed by atoms with Crippen molar-refractivity contribution in [2.24, 2.45) is 0 Å². The summed E-state index contributed by atoms with van der Waals surface area (Å²) in [6.45, 7) is -1.21. The lowest BCUT2D eigenvalue weighted by molar-refractivity contribution is -0.116. The van der Waals surface area contributed by atoms with Crippen molar-refractivity contribution in [1.29, 1.82) is 0 Å². The molecule has 1 aliphatic rings. The van der Waals surface area contributed by atoms with Crippen LogP contribution in [0.3, 0.4) is 0 Å². The molecule has 5 heteroatoms. The molecule has 1 aromatic carbocycles. The van der Waals surface area contributed by atoms with Crippen LogP contribution in [0, 0.1) is 0 Å². The molecule has 0 aromatic heterocycles. The van der Waals surface area contributed by atoms with E-state index in [9.17, 15) is 13.6 Å². The Bertz CT molecular complexity index is 432. The highest BCUT2D eigenvalue weighted by molar-refractivity contribution is 5.93. The van der Waals surface area contributed by atoms with Gasteiger partial charge in [0, 0.05) is 17.7 Å². The number of alkyl halides is 2. The fourth-order valence-electron chi connectivity index (χ4n) is 1.70. The molecule has 0 saturated heterocycles. The van der Waals surface area contributed by atoms with Gasteiger partial charge in [-0.3, -0.25) is 4.79 Å². The van der Waals surface area contributed by atoms with Gasteiger partial charge >= 0.3 is 0 Å². The van der Waals surface area contributed by atoms with Crippen molar-refractivity contribution in [2.75, 3.05) is 11.9 Å². The zero-order valence-corrected chi connectivity index (χ0v) is 8.46. The molecule has 0 unspecified atom stereocenters. The smallest absolute Gasteiger partial charge is 0.295 e. The summed E-state index contributed by atoms with van der Waals surface area (Å²) in [5, 5.41) is 11.2. The standard InChI is InChI=1S/C11H11F2NO2/c12-11(13,6-15)8-2-3-9-7(5-8)1-4-10(16)14-9/h2-3,5,15H,1,4,6H2,(H,14,16). The Kier molecular flexibility index (Phi) is 2.63. The molecule has 0 fully saturated rings. The quantitative estimate of drug-likeness (QED) is 0.807. The molecule has 0 aliphatic carbocycles. The van der Waals surface area contributed by atoms with Crippen LogP contribution in [0.4, 0.5) is 14.5 Å². The third kappa shape index (κ3) is 1.90. The van der Waals surface area contributed by atoms with E-state index < -0.39 is 12.5 Å². The third-order valence-corrected chi connectivity index (χ3v) is 2.62. The number of anilines is 1. The molecule has 0 atom stereocenters. The number of carbonyl (C=O) groups is 1. The molecule has 0 saturated carbocycles. The predicted molar refractivity (Wildman–Crippen MR) is 54.4 cm³/mol. The molecule has 2 rings (SSSR count). The van der Waals surface area contributed by atoms with Gasteiger partial charge in [-0.15, -0.1) is 0 Å². The SMILES string of the molecule is O=C1CCc2cc(C(F)(F)CO)ccc2N1. The number of rotatable bonds is 2. The molecular formula is C11H11F2NO2. The normalized spacial score (nSPS) is 15.6. The van der Waals surface area contributed by atoms with Gasteiger partial charge in [0.05, 0.1) is 0 Å². The number of fused-ring (bicyclic) bond motifs is 1. The highest BCUT2D eigenvalue weighted by atomic mass is 19.3. The fourth-order valence-corrected chi connectivity index (χ4v) is 1.70. The van der Waals surface area contributed by atoms with E-state index in [4.69, 9.17) is 5.11 Å². The molecule has 0 radical (unpaired) electrons. The first-order valence-electron chi connectivity index (χ1n) is 4.95. The van der Waals surface area contributed by atoms with Crippen LogP contribution < -0.4 is 5.32 Å². The molecule has 86 valence electrons. The summed E-state index contributed by atoms with van der Waals surface area (Å²) in [5.74, 6) is -3.33. The Hall–Kier alpha value is -1.49. The molecular weight excluding hydrogens is 216 g/mol. The van der Waals surface area contributed by atoms with Gasteiger partial charge in [0.2, 0.25) is 5.91 Å². The summed E-state index contributed by atoms with van der Waals surface area (Å²) in [7, 11) is 0. The molecule has 1 aliphatic heterocycles. The number of benzene rings is 1. The van der Waals surface area contributed by atoms with E-state index in [1.165, 1.54) is 18.2 Å². The van der Waals surface area contributed by atoms with Gasteiger partial charge in [-0.1, -0.05) is 6.07 Å². The van der Waals surface area contributed by atoms with Gasteiger partial charge in [0.25, 0.3) is 5.92 Å². The van der Waals surface area contributed by atoms with E-state index in [1.807, 2.05) is 0 Å². The largest absolute Gasteiger partial charge is 0.390 e. The summed E-state index contributed by atoms with van der Waals surface area (Å²) in [6, 6.07) is 4.01. The van der Waals surface area contributed by atoms with Gasteiger partial charge in [-0.05, 0) is 24.1 Å². The number of amides is 1. The summed E-state index contributed by atoms with van der Waals surface area (Å²) < 4.78 is 26.4. The molecule has 0 bridgehead atoms. The highest BCUT2D eigenvalue weighted by Crippen LogP contribution is 2.32. The van der Waals surface area contributed by atoms with E-state index in [2.05, 4.69) is 5.32 Å². The summed E-state index contributed by atoms with van der Waals surface area (Å²) in [4.78, 5) is 11.1. The average molecular weight is 227 g/mol. The van der Waals surface area contributed by atoms with Crippen molar-refractivity contribution in [3.8, 4) is 0 Å². The number of aryl methyl sites for hydroxylation is 1. The fraction of sp³-hybridized carbons (Fsp3) is 0.364. The lowest BCUT2D eigenvalue weighted by Crippen LogP contribution is -2.22. The number of carbonyl (C=O) groups excluding carboxylic acids is 1. The lowest BCUT2D eigenvalue weighted by atomic mass is 9.98. The van der Waals surface area contributed by atoms with Crippen molar-refractivity contribution in [3.05, 3.63) is 29.3 Å². The Labute approximate surface area is 91.1 Å². The number of aliphatic hydroxyl groups is 1. The van der Waals surface area contributed by atoms with Crippen LogP contribution in [0.25, 0.3) is 0 Å². The van der Waals surface area contributed by atoms with Gasteiger partial charge in [0.1, 0.15) is 6.61 Å². The van der Waals surface area contributed by atoms with Gasteiger partial charge in [-0.25, -0.2) is 0 Å². The summed E-state index contributed by atoms with van der Waals surface area (Å²) >= 11 is 0. The van der Waals surface area contributed by atoms with Gasteiger partial charge in [0.15, 0.2) is 0 Å². The zero-order chi connectivity index (χ0) is 11.8. The predicted octanol–water partition coefficient (Wildman–Crippen LogP) is 1.66. The number of nitrogens with one attached hydrogen (secondary N) is 1. The first-order valence-corrected chi connectivity index (χ1v) is 4.95. The minimum Gasteiger partial charge on any atom is -0.390 e. The maximum atomic E-state index is 13.2. The van der Waals surface area contributed by atoms with Crippen molar-refractivity contribution >= 4 is 11.6 Å². The monoisotopic (exact) mass is 227 g/mol. The minimum absolute atomic E-state index is 0.103. The summed E-state index contributed by atoms with van der Waals surface area (Å²) in [6.07, 6.45) is 0.762. The summed E-state index contributed by atoms with van der Waals surface area (Å²) in [5.41, 5.74) is 1.05. The zero-order valence-electron chi connectivity index (χ0n) is 8.46. The molecule has 3 nitrogen and oxygen atoms in total. The topological polar surface area (TPSA) is 49.3 Å². The van der Waals surface area contributed by atoms with E-state index in [1.54, 1.807) is 0 Å². The second-order valence-corrected chi connectivity index (χ2v) is 3.78. The maximum absolute atomic E-state index is 13.2. The average Bonchev–Trinajstić information content (AvgIpc) is 2.28. The Balaban J connectivity index is 2.36. The van der Waals surface area contributed by atoms with Gasteiger partial charge in [-0.2, -0.15) is 8.78 Å². The second-order valence-electron chi connectivity index (χ2n) is 3.78. The third-order valence-electron chi connectivity index (χ3n) is 2.62. The number of hydrogen-bond acceptors (Lipinski definition) is 2. The van der Waals surface area contributed by atoms with Crippen molar-refractivity contribution in [2.45, 2.75) is 18.8 Å². The van der Waals surface area contributed by atoms with E-state index in [0.29, 0.717) is 24.1 Å². The Morgan fingerprint density at radius 3 is 2.81 bits per heavy atom. The van der Waals surface area contributed by atoms with Crippen LogP contribution in [0.2, 0.25) is 0 Å². The first kappa shape index (κ1) is 11.0.